The van der Waals surface area contributed by atoms with E-state index in [4.69, 9.17) is 5.11 Å². The van der Waals surface area contributed by atoms with E-state index in [1.807, 2.05) is 17.9 Å². The second-order valence-corrected chi connectivity index (χ2v) is 4.53. The quantitative estimate of drug-likeness (QED) is 0.915. The maximum absolute atomic E-state index is 13.0. The van der Waals surface area contributed by atoms with Crippen LogP contribution in [0.25, 0.3) is 0 Å². The SMILES string of the molecule is CCN(c1ccc(F)cc1)c1ccc(C(=O)O)c(C)c1. The summed E-state index contributed by atoms with van der Waals surface area (Å²) in [4.78, 5) is 13.0. The van der Waals surface area contributed by atoms with Gasteiger partial charge in [0, 0.05) is 17.9 Å². The molecular formula is C16H16FNO2. The van der Waals surface area contributed by atoms with E-state index in [0.29, 0.717) is 17.7 Å². The lowest BCUT2D eigenvalue weighted by molar-refractivity contribution is 0.0696. The van der Waals surface area contributed by atoms with Gasteiger partial charge in [-0.05, 0) is 61.9 Å². The largest absolute Gasteiger partial charge is 0.478 e. The van der Waals surface area contributed by atoms with Crippen LogP contribution in [-0.2, 0) is 0 Å². The first-order chi connectivity index (χ1) is 9.52. The van der Waals surface area contributed by atoms with Gasteiger partial charge >= 0.3 is 5.97 Å². The number of hydrogen-bond acceptors (Lipinski definition) is 2. The molecule has 0 fully saturated rings. The van der Waals surface area contributed by atoms with Gasteiger partial charge in [0.05, 0.1) is 5.56 Å². The van der Waals surface area contributed by atoms with Gasteiger partial charge in [0.1, 0.15) is 5.82 Å². The van der Waals surface area contributed by atoms with E-state index < -0.39 is 5.97 Å². The van der Waals surface area contributed by atoms with Crippen molar-refractivity contribution in [3.05, 3.63) is 59.4 Å². The summed E-state index contributed by atoms with van der Waals surface area (Å²) in [5.74, 6) is -1.21. The number of anilines is 2. The van der Waals surface area contributed by atoms with Gasteiger partial charge in [0.25, 0.3) is 0 Å². The first-order valence-electron chi connectivity index (χ1n) is 6.40. The van der Waals surface area contributed by atoms with Crippen molar-refractivity contribution in [2.75, 3.05) is 11.4 Å². The molecule has 0 saturated carbocycles. The third kappa shape index (κ3) is 2.79. The standard InChI is InChI=1S/C16H16FNO2/c1-3-18(13-6-4-12(17)5-7-13)14-8-9-15(16(19)20)11(2)10-14/h4-10H,3H2,1-2H3,(H,19,20). The van der Waals surface area contributed by atoms with Crippen LogP contribution in [0, 0.1) is 12.7 Å². The van der Waals surface area contributed by atoms with Gasteiger partial charge in [0.15, 0.2) is 0 Å². The summed E-state index contributed by atoms with van der Waals surface area (Å²) in [5.41, 5.74) is 2.76. The van der Waals surface area contributed by atoms with Gasteiger partial charge in [-0.3, -0.25) is 0 Å². The number of carboxylic acid groups (broad SMARTS) is 1. The molecule has 0 aliphatic rings. The monoisotopic (exact) mass is 273 g/mol. The Balaban J connectivity index is 2.39. The second kappa shape index (κ2) is 5.74. The van der Waals surface area contributed by atoms with Gasteiger partial charge in [0.2, 0.25) is 0 Å². The Labute approximate surface area is 117 Å². The third-order valence-corrected chi connectivity index (χ3v) is 3.21. The summed E-state index contributed by atoms with van der Waals surface area (Å²) in [5, 5.41) is 9.04. The number of hydrogen-bond donors (Lipinski definition) is 1. The fraction of sp³-hybridized carbons (Fsp3) is 0.188. The average Bonchev–Trinajstić information content (AvgIpc) is 2.41. The number of aryl methyl sites for hydroxylation is 1. The van der Waals surface area contributed by atoms with Crippen LogP contribution in [0.2, 0.25) is 0 Å². The number of rotatable bonds is 4. The van der Waals surface area contributed by atoms with Crippen LogP contribution >= 0.6 is 0 Å². The van der Waals surface area contributed by atoms with Gasteiger partial charge in [-0.15, -0.1) is 0 Å². The van der Waals surface area contributed by atoms with Crippen molar-refractivity contribution in [2.24, 2.45) is 0 Å². The van der Waals surface area contributed by atoms with Crippen molar-refractivity contribution in [3.63, 3.8) is 0 Å². The Kier molecular flexibility index (Phi) is 4.03. The molecule has 2 aromatic rings. The zero-order valence-electron chi connectivity index (χ0n) is 11.4. The zero-order chi connectivity index (χ0) is 14.7. The lowest BCUT2D eigenvalue weighted by Crippen LogP contribution is -2.16. The van der Waals surface area contributed by atoms with E-state index in [1.54, 1.807) is 31.2 Å². The molecule has 0 aromatic heterocycles. The molecule has 4 heteroatoms. The highest BCUT2D eigenvalue weighted by Crippen LogP contribution is 2.27. The van der Waals surface area contributed by atoms with Crippen molar-refractivity contribution < 1.29 is 14.3 Å². The smallest absolute Gasteiger partial charge is 0.335 e. The summed E-state index contributed by atoms with van der Waals surface area (Å²) in [6.07, 6.45) is 0. The molecule has 0 spiro atoms. The van der Waals surface area contributed by atoms with Crippen LogP contribution in [0.15, 0.2) is 42.5 Å². The van der Waals surface area contributed by atoms with E-state index in [2.05, 4.69) is 0 Å². The van der Waals surface area contributed by atoms with Gasteiger partial charge in [-0.2, -0.15) is 0 Å². The van der Waals surface area contributed by atoms with Crippen LogP contribution < -0.4 is 4.90 Å². The highest BCUT2D eigenvalue weighted by molar-refractivity contribution is 5.90. The predicted molar refractivity (Wildman–Crippen MR) is 77.2 cm³/mol. The Bertz CT molecular complexity index is 623. The van der Waals surface area contributed by atoms with Crippen LogP contribution in [0.1, 0.15) is 22.8 Å². The topological polar surface area (TPSA) is 40.5 Å². The molecule has 3 nitrogen and oxygen atoms in total. The number of nitrogens with zero attached hydrogens (tertiary/aromatic N) is 1. The van der Waals surface area contributed by atoms with Crippen LogP contribution in [0.5, 0.6) is 0 Å². The molecule has 0 amide bonds. The molecule has 2 aromatic carbocycles. The summed E-state index contributed by atoms with van der Waals surface area (Å²) in [6, 6.07) is 11.4. The molecule has 1 N–H and O–H groups in total. The lowest BCUT2D eigenvalue weighted by Gasteiger charge is -2.24. The van der Waals surface area contributed by atoms with Crippen molar-refractivity contribution >= 4 is 17.3 Å². The minimum absolute atomic E-state index is 0.276. The van der Waals surface area contributed by atoms with E-state index in [-0.39, 0.29) is 5.82 Å². The minimum Gasteiger partial charge on any atom is -0.478 e. The number of benzene rings is 2. The number of carbonyl (C=O) groups is 1. The maximum atomic E-state index is 13.0. The number of aromatic carboxylic acids is 1. The van der Waals surface area contributed by atoms with Crippen molar-refractivity contribution in [1.29, 1.82) is 0 Å². The molecule has 0 atom stereocenters. The zero-order valence-corrected chi connectivity index (χ0v) is 11.4. The highest BCUT2D eigenvalue weighted by Gasteiger charge is 2.11. The molecule has 0 saturated heterocycles. The Morgan fingerprint density at radius 1 is 1.15 bits per heavy atom. The van der Waals surface area contributed by atoms with E-state index in [0.717, 1.165) is 11.4 Å². The fourth-order valence-corrected chi connectivity index (χ4v) is 2.19. The second-order valence-electron chi connectivity index (χ2n) is 4.53. The van der Waals surface area contributed by atoms with Crippen molar-refractivity contribution in [2.45, 2.75) is 13.8 Å². The van der Waals surface area contributed by atoms with Gasteiger partial charge < -0.3 is 10.0 Å². The predicted octanol–water partition coefficient (Wildman–Crippen LogP) is 3.99. The fourth-order valence-electron chi connectivity index (χ4n) is 2.19. The molecular weight excluding hydrogens is 257 g/mol. The molecule has 0 radical (unpaired) electrons. The third-order valence-electron chi connectivity index (χ3n) is 3.21. The number of carboxylic acids is 1. The van der Waals surface area contributed by atoms with Crippen molar-refractivity contribution in [3.8, 4) is 0 Å². The molecule has 104 valence electrons. The van der Waals surface area contributed by atoms with E-state index in [9.17, 15) is 9.18 Å². The maximum Gasteiger partial charge on any atom is 0.335 e. The van der Waals surface area contributed by atoms with E-state index >= 15 is 0 Å². The molecule has 0 aliphatic heterocycles. The molecule has 0 unspecified atom stereocenters. The molecule has 20 heavy (non-hydrogen) atoms. The summed E-state index contributed by atoms with van der Waals surface area (Å²) < 4.78 is 13.0. The van der Waals surface area contributed by atoms with Gasteiger partial charge in [-0.1, -0.05) is 0 Å². The minimum atomic E-state index is -0.932. The van der Waals surface area contributed by atoms with Crippen LogP contribution in [0.4, 0.5) is 15.8 Å². The molecule has 0 heterocycles. The lowest BCUT2D eigenvalue weighted by atomic mass is 10.1. The summed E-state index contributed by atoms with van der Waals surface area (Å²) in [6.45, 7) is 4.47. The summed E-state index contributed by atoms with van der Waals surface area (Å²) in [7, 11) is 0. The first-order valence-corrected chi connectivity index (χ1v) is 6.40. The number of halogens is 1. The first kappa shape index (κ1) is 14.1. The Morgan fingerprint density at radius 3 is 2.25 bits per heavy atom. The average molecular weight is 273 g/mol. The summed E-state index contributed by atoms with van der Waals surface area (Å²) >= 11 is 0. The normalized spacial score (nSPS) is 10.3. The molecule has 0 aliphatic carbocycles. The molecule has 0 bridgehead atoms. The van der Waals surface area contributed by atoms with E-state index in [1.165, 1.54) is 12.1 Å². The highest BCUT2D eigenvalue weighted by atomic mass is 19.1. The van der Waals surface area contributed by atoms with Gasteiger partial charge in [-0.25, -0.2) is 9.18 Å². The van der Waals surface area contributed by atoms with Crippen LogP contribution in [-0.4, -0.2) is 17.6 Å². The molecule has 2 rings (SSSR count). The Hall–Kier alpha value is -2.36. The van der Waals surface area contributed by atoms with Crippen molar-refractivity contribution in [1.82, 2.24) is 0 Å². The van der Waals surface area contributed by atoms with Crippen LogP contribution in [0.3, 0.4) is 0 Å². The Morgan fingerprint density at radius 2 is 1.75 bits per heavy atom.